The first-order chi connectivity index (χ1) is 11.4. The maximum atomic E-state index is 11.1. The van der Waals surface area contributed by atoms with E-state index in [4.69, 9.17) is 19.1 Å². The van der Waals surface area contributed by atoms with E-state index in [0.29, 0.717) is 23.8 Å². The van der Waals surface area contributed by atoms with Crippen LogP contribution in [0.2, 0.25) is 0 Å². The van der Waals surface area contributed by atoms with Gasteiger partial charge in [0.2, 0.25) is 0 Å². The van der Waals surface area contributed by atoms with Crippen LogP contribution in [0, 0.1) is 0 Å². The predicted molar refractivity (Wildman–Crippen MR) is 89.4 cm³/mol. The fraction of sp³-hybridized carbons (Fsp3) is 0.333. The van der Waals surface area contributed by atoms with E-state index in [0.717, 1.165) is 12.0 Å². The molecule has 6 nitrogen and oxygen atoms in total. The van der Waals surface area contributed by atoms with Crippen molar-refractivity contribution in [2.75, 3.05) is 6.61 Å². The Kier molecular flexibility index (Phi) is 5.63. The molecule has 0 fully saturated rings. The van der Waals surface area contributed by atoms with Gasteiger partial charge in [0.05, 0.1) is 6.26 Å². The molecule has 0 unspecified atom stereocenters. The first kappa shape index (κ1) is 17.6. The van der Waals surface area contributed by atoms with Crippen molar-refractivity contribution in [2.24, 2.45) is 5.16 Å². The van der Waals surface area contributed by atoms with Crippen molar-refractivity contribution in [3.63, 3.8) is 0 Å². The number of hydrogen-bond donors (Lipinski definition) is 1. The van der Waals surface area contributed by atoms with Gasteiger partial charge < -0.3 is 19.1 Å². The molecule has 0 bridgehead atoms. The first-order valence-corrected chi connectivity index (χ1v) is 7.70. The molecule has 0 saturated carbocycles. The number of furan rings is 1. The van der Waals surface area contributed by atoms with Crippen LogP contribution in [0.1, 0.15) is 38.5 Å². The largest absolute Gasteiger partial charge is 0.478 e. The summed E-state index contributed by atoms with van der Waals surface area (Å²) in [6, 6.07) is 10.5. The normalized spacial score (nSPS) is 12.0. The van der Waals surface area contributed by atoms with Crippen LogP contribution in [0.3, 0.4) is 0 Å². The van der Waals surface area contributed by atoms with Crippen LogP contribution in [0.4, 0.5) is 0 Å². The molecule has 2 rings (SSSR count). The second-order valence-corrected chi connectivity index (χ2v) is 5.69. The third kappa shape index (κ3) is 4.38. The second kappa shape index (κ2) is 7.68. The van der Waals surface area contributed by atoms with E-state index < -0.39 is 11.6 Å². The topological polar surface area (TPSA) is 81.3 Å². The molecule has 6 heteroatoms. The number of carboxylic acids is 1. The van der Waals surface area contributed by atoms with Gasteiger partial charge >= 0.3 is 5.97 Å². The fourth-order valence-corrected chi connectivity index (χ4v) is 1.87. The highest BCUT2D eigenvalue weighted by atomic mass is 16.6. The Morgan fingerprint density at radius 3 is 2.50 bits per heavy atom. The summed E-state index contributed by atoms with van der Waals surface area (Å²) in [5.74, 6) is 0.0161. The van der Waals surface area contributed by atoms with Crippen molar-refractivity contribution >= 4 is 11.7 Å². The number of oxime groups is 1. The Morgan fingerprint density at radius 1 is 1.25 bits per heavy atom. The minimum atomic E-state index is -1.30. The Morgan fingerprint density at radius 2 is 1.96 bits per heavy atom. The van der Waals surface area contributed by atoms with Gasteiger partial charge in [-0.2, -0.15) is 0 Å². The molecule has 1 aromatic heterocycles. The molecule has 0 radical (unpaired) electrons. The zero-order chi connectivity index (χ0) is 17.6. The van der Waals surface area contributed by atoms with Gasteiger partial charge in [0.1, 0.15) is 12.4 Å². The Balaban J connectivity index is 2.23. The van der Waals surface area contributed by atoms with Gasteiger partial charge in [-0.15, -0.1) is 0 Å². The minimum absolute atomic E-state index is 0.458. The smallest absolute Gasteiger partial charge is 0.347 e. The summed E-state index contributed by atoms with van der Waals surface area (Å²) in [6.07, 6.45) is 2.42. The molecule has 0 aliphatic rings. The van der Waals surface area contributed by atoms with Crippen LogP contribution < -0.4 is 4.74 Å². The average molecular weight is 331 g/mol. The van der Waals surface area contributed by atoms with E-state index in [1.54, 1.807) is 42.7 Å². The summed E-state index contributed by atoms with van der Waals surface area (Å²) in [4.78, 5) is 16.4. The monoisotopic (exact) mass is 331 g/mol. The third-order valence-electron chi connectivity index (χ3n) is 3.22. The van der Waals surface area contributed by atoms with E-state index in [-0.39, 0.29) is 0 Å². The van der Waals surface area contributed by atoms with E-state index in [2.05, 4.69) is 5.16 Å². The number of benzene rings is 1. The quantitative estimate of drug-likeness (QED) is 0.453. The second-order valence-electron chi connectivity index (χ2n) is 5.69. The lowest BCUT2D eigenvalue weighted by molar-refractivity contribution is -0.152. The van der Waals surface area contributed by atoms with Crippen molar-refractivity contribution in [1.82, 2.24) is 0 Å². The Hall–Kier alpha value is -2.76. The Bertz CT molecular complexity index is 687. The van der Waals surface area contributed by atoms with E-state index >= 15 is 0 Å². The summed E-state index contributed by atoms with van der Waals surface area (Å²) in [7, 11) is 0. The van der Waals surface area contributed by atoms with Gasteiger partial charge in [-0.1, -0.05) is 12.1 Å². The maximum absolute atomic E-state index is 11.1. The minimum Gasteiger partial charge on any atom is -0.478 e. The number of ether oxygens (including phenoxy) is 1. The van der Waals surface area contributed by atoms with Gasteiger partial charge in [-0.3, -0.25) is 0 Å². The summed E-state index contributed by atoms with van der Waals surface area (Å²) in [6.45, 7) is 5.51. The molecule has 0 atom stereocenters. The SMILES string of the molecule is CCCO/N=C(\c1ccc(OC(C)(C)C(=O)O)cc1)c1ccco1. The molecule has 128 valence electrons. The number of carboxylic acid groups (broad SMARTS) is 1. The number of nitrogens with zero attached hydrogens (tertiary/aromatic N) is 1. The van der Waals surface area contributed by atoms with Crippen LogP contribution in [0.5, 0.6) is 5.75 Å². The van der Waals surface area contributed by atoms with E-state index in [9.17, 15) is 4.79 Å². The summed E-state index contributed by atoms with van der Waals surface area (Å²) < 4.78 is 10.9. The third-order valence-corrected chi connectivity index (χ3v) is 3.22. The van der Waals surface area contributed by atoms with Crippen LogP contribution in [-0.4, -0.2) is 29.0 Å². The maximum Gasteiger partial charge on any atom is 0.347 e. The van der Waals surface area contributed by atoms with E-state index in [1.807, 2.05) is 6.92 Å². The van der Waals surface area contributed by atoms with Gasteiger partial charge in [-0.25, -0.2) is 4.79 Å². The zero-order valence-corrected chi connectivity index (χ0v) is 14.0. The molecule has 0 aliphatic carbocycles. The van der Waals surface area contributed by atoms with E-state index in [1.165, 1.54) is 13.8 Å². The summed E-state index contributed by atoms with van der Waals surface area (Å²) in [5, 5.41) is 13.3. The van der Waals surface area contributed by atoms with Crippen LogP contribution in [-0.2, 0) is 9.63 Å². The molecule has 0 amide bonds. The molecule has 24 heavy (non-hydrogen) atoms. The highest BCUT2D eigenvalue weighted by molar-refractivity contribution is 6.10. The van der Waals surface area contributed by atoms with Gasteiger partial charge in [0.15, 0.2) is 17.1 Å². The van der Waals surface area contributed by atoms with Crippen molar-refractivity contribution < 1.29 is 23.9 Å². The lowest BCUT2D eigenvalue weighted by atomic mass is 10.1. The highest BCUT2D eigenvalue weighted by Gasteiger charge is 2.29. The molecule has 2 aromatic rings. The number of rotatable bonds is 8. The molecular formula is C18H21NO5. The average Bonchev–Trinajstić information content (AvgIpc) is 3.06. The predicted octanol–water partition coefficient (Wildman–Crippen LogP) is 3.70. The molecule has 0 spiro atoms. The van der Waals surface area contributed by atoms with Gasteiger partial charge in [0, 0.05) is 5.56 Å². The van der Waals surface area contributed by atoms with Gasteiger partial charge in [0.25, 0.3) is 0 Å². The number of hydrogen-bond acceptors (Lipinski definition) is 5. The summed E-state index contributed by atoms with van der Waals surface area (Å²) >= 11 is 0. The zero-order valence-electron chi connectivity index (χ0n) is 14.0. The fourth-order valence-electron chi connectivity index (χ4n) is 1.87. The molecule has 1 N–H and O–H groups in total. The van der Waals surface area contributed by atoms with Crippen molar-refractivity contribution in [3.05, 3.63) is 54.0 Å². The van der Waals surface area contributed by atoms with Gasteiger partial charge in [-0.05, 0) is 56.7 Å². The molecule has 0 aliphatic heterocycles. The number of aliphatic carboxylic acids is 1. The first-order valence-electron chi connectivity index (χ1n) is 7.70. The van der Waals surface area contributed by atoms with Crippen molar-refractivity contribution in [3.8, 4) is 5.75 Å². The van der Waals surface area contributed by atoms with Crippen LogP contribution in [0.25, 0.3) is 0 Å². The molecule has 1 heterocycles. The van der Waals surface area contributed by atoms with Crippen molar-refractivity contribution in [2.45, 2.75) is 32.8 Å². The lowest BCUT2D eigenvalue weighted by Gasteiger charge is -2.21. The number of carbonyl (C=O) groups is 1. The standard InChI is InChI=1S/C18H21NO5/c1-4-11-23-19-16(15-6-5-12-22-15)13-7-9-14(10-8-13)24-18(2,3)17(20)21/h5-10,12H,4,11H2,1-3H3,(H,20,21)/b19-16+. The molecule has 1 aromatic carbocycles. The highest BCUT2D eigenvalue weighted by Crippen LogP contribution is 2.21. The molecule has 0 saturated heterocycles. The van der Waals surface area contributed by atoms with Crippen LogP contribution in [0.15, 0.2) is 52.2 Å². The molecular weight excluding hydrogens is 310 g/mol. The summed E-state index contributed by atoms with van der Waals surface area (Å²) in [5.41, 5.74) is 0.0444. The lowest BCUT2D eigenvalue weighted by Crippen LogP contribution is -2.37. The van der Waals surface area contributed by atoms with Crippen molar-refractivity contribution in [1.29, 1.82) is 0 Å². The Labute approximate surface area is 140 Å². The van der Waals surface area contributed by atoms with Crippen LogP contribution >= 0.6 is 0 Å².